The number of ether oxygens (including phenoxy) is 2. The molecule has 0 aromatic heterocycles. The van der Waals surface area contributed by atoms with Gasteiger partial charge in [0, 0.05) is 0 Å². The standard InChI is InChI=1S/C24H38O3.C2H6/c1-6-14-7-8-16-19-17(10-12-23(14,16)4)24(5)11-9-15(25)13-18(24)20-21(19)27-22(2,3)26-20;1-2/h6,15-21,25H,7-13H2,1-5H3;1-2H3/b14-6-;/t15-,16?,17?,18?,19?,20+,21+,23+,24+;/m0./s1. The third kappa shape index (κ3) is 3.09. The smallest absolute Gasteiger partial charge is 0.163 e. The Labute approximate surface area is 178 Å². The van der Waals surface area contributed by atoms with Crippen LogP contribution in [0.1, 0.15) is 93.4 Å². The minimum absolute atomic E-state index is 0.151. The molecule has 9 atom stereocenters. The van der Waals surface area contributed by atoms with Crippen LogP contribution < -0.4 is 0 Å². The average Bonchev–Trinajstić information content (AvgIpc) is 3.19. The van der Waals surface area contributed by atoms with Crippen LogP contribution in [-0.2, 0) is 9.47 Å². The Bertz CT molecular complexity index is 654. The van der Waals surface area contributed by atoms with Crippen molar-refractivity contribution in [1.82, 2.24) is 0 Å². The Morgan fingerprint density at radius 1 is 0.897 bits per heavy atom. The van der Waals surface area contributed by atoms with Gasteiger partial charge >= 0.3 is 0 Å². The summed E-state index contributed by atoms with van der Waals surface area (Å²) in [4.78, 5) is 0. The summed E-state index contributed by atoms with van der Waals surface area (Å²) in [5.74, 6) is 1.97. The zero-order valence-corrected chi connectivity index (χ0v) is 19.8. The molecule has 5 fully saturated rings. The molecule has 29 heavy (non-hydrogen) atoms. The maximum Gasteiger partial charge on any atom is 0.163 e. The van der Waals surface area contributed by atoms with Gasteiger partial charge in [0.25, 0.3) is 0 Å². The molecule has 0 radical (unpaired) electrons. The number of aliphatic hydroxyl groups excluding tert-OH is 1. The van der Waals surface area contributed by atoms with E-state index in [2.05, 4.69) is 40.7 Å². The minimum atomic E-state index is -0.497. The predicted molar refractivity (Wildman–Crippen MR) is 117 cm³/mol. The normalized spacial score (nSPS) is 53.9. The van der Waals surface area contributed by atoms with Crippen LogP contribution in [0.4, 0.5) is 0 Å². The fraction of sp³-hybridized carbons (Fsp3) is 0.923. The van der Waals surface area contributed by atoms with Gasteiger partial charge in [-0.1, -0.05) is 39.3 Å². The van der Waals surface area contributed by atoms with Crippen molar-refractivity contribution in [2.75, 3.05) is 0 Å². The molecule has 1 aliphatic heterocycles. The molecule has 1 N–H and O–H groups in total. The second-order valence-corrected chi connectivity index (χ2v) is 11.2. The van der Waals surface area contributed by atoms with Crippen LogP contribution in [0.5, 0.6) is 0 Å². The van der Waals surface area contributed by atoms with Crippen LogP contribution in [0.3, 0.4) is 0 Å². The number of allylic oxidation sites excluding steroid dienone is 2. The SMILES string of the molecule is C/C=C1/CCC2C3C(CC[C@]12C)[C@@]1(C)CC[C@H](O)CC1[C@H]1OC(C)(C)O[C@H]31.CC. The van der Waals surface area contributed by atoms with Gasteiger partial charge < -0.3 is 14.6 Å². The van der Waals surface area contributed by atoms with Gasteiger partial charge in [0.2, 0.25) is 0 Å². The first-order valence-electron chi connectivity index (χ1n) is 12.4. The van der Waals surface area contributed by atoms with E-state index in [-0.39, 0.29) is 23.7 Å². The highest BCUT2D eigenvalue weighted by atomic mass is 16.8. The second kappa shape index (κ2) is 7.35. The van der Waals surface area contributed by atoms with E-state index >= 15 is 0 Å². The van der Waals surface area contributed by atoms with Crippen molar-refractivity contribution in [3.05, 3.63) is 11.6 Å². The van der Waals surface area contributed by atoms with E-state index in [1.54, 1.807) is 5.57 Å². The van der Waals surface area contributed by atoms with Gasteiger partial charge in [-0.05, 0) is 100 Å². The van der Waals surface area contributed by atoms with Crippen molar-refractivity contribution in [3.63, 3.8) is 0 Å². The third-order valence-electron chi connectivity index (χ3n) is 9.70. The van der Waals surface area contributed by atoms with Crippen LogP contribution in [-0.4, -0.2) is 29.2 Å². The van der Waals surface area contributed by atoms with E-state index in [0.717, 1.165) is 25.2 Å². The lowest BCUT2D eigenvalue weighted by atomic mass is 9.43. The van der Waals surface area contributed by atoms with Crippen LogP contribution in [0.2, 0.25) is 0 Å². The van der Waals surface area contributed by atoms with Crippen molar-refractivity contribution >= 4 is 0 Å². The molecule has 5 rings (SSSR count). The molecule has 1 saturated heterocycles. The second-order valence-electron chi connectivity index (χ2n) is 11.2. The number of rotatable bonds is 0. The summed E-state index contributed by atoms with van der Waals surface area (Å²) in [6, 6.07) is 0. The van der Waals surface area contributed by atoms with Gasteiger partial charge in [0.1, 0.15) is 0 Å². The zero-order chi connectivity index (χ0) is 21.2. The quantitative estimate of drug-likeness (QED) is 0.496. The maximum atomic E-state index is 10.5. The van der Waals surface area contributed by atoms with Gasteiger partial charge in [-0.25, -0.2) is 0 Å². The minimum Gasteiger partial charge on any atom is -0.393 e. The van der Waals surface area contributed by atoms with Crippen LogP contribution in [0.15, 0.2) is 11.6 Å². The molecule has 0 spiro atoms. The molecule has 0 aromatic rings. The summed E-state index contributed by atoms with van der Waals surface area (Å²) in [6.07, 6.45) is 10.8. The Balaban J connectivity index is 0.000000994. The first-order chi connectivity index (χ1) is 13.7. The maximum absolute atomic E-state index is 10.5. The summed E-state index contributed by atoms with van der Waals surface area (Å²) in [7, 11) is 0. The van der Waals surface area contributed by atoms with E-state index < -0.39 is 5.79 Å². The molecule has 3 nitrogen and oxygen atoms in total. The van der Waals surface area contributed by atoms with Gasteiger partial charge in [0.15, 0.2) is 5.79 Å². The molecule has 0 aromatic carbocycles. The predicted octanol–water partition coefficient (Wildman–Crippen LogP) is 6.10. The fourth-order valence-corrected chi connectivity index (χ4v) is 8.48. The molecule has 4 saturated carbocycles. The van der Waals surface area contributed by atoms with Gasteiger partial charge in [-0.15, -0.1) is 0 Å². The van der Waals surface area contributed by atoms with Crippen molar-refractivity contribution in [2.45, 2.75) is 118 Å². The zero-order valence-electron chi connectivity index (χ0n) is 19.8. The highest BCUT2D eigenvalue weighted by Gasteiger charge is 2.67. The van der Waals surface area contributed by atoms with E-state index in [4.69, 9.17) is 9.47 Å². The fourth-order valence-electron chi connectivity index (χ4n) is 8.48. The first kappa shape index (κ1) is 21.8. The molecule has 3 heteroatoms. The molecule has 166 valence electrons. The lowest BCUT2D eigenvalue weighted by molar-refractivity contribution is -0.182. The summed E-state index contributed by atoms with van der Waals surface area (Å²) in [5, 5.41) is 10.5. The number of fused-ring (bicyclic) bond motifs is 8. The lowest BCUT2D eigenvalue weighted by Gasteiger charge is -2.63. The third-order valence-corrected chi connectivity index (χ3v) is 9.70. The number of aliphatic hydroxyl groups is 1. The summed E-state index contributed by atoms with van der Waals surface area (Å²) < 4.78 is 13.2. The molecule has 1 heterocycles. The first-order valence-corrected chi connectivity index (χ1v) is 12.4. The summed E-state index contributed by atoms with van der Waals surface area (Å²) >= 11 is 0. The molecular formula is C26H44O3. The summed E-state index contributed by atoms with van der Waals surface area (Å²) in [6.45, 7) is 15.5. The largest absolute Gasteiger partial charge is 0.393 e. The molecule has 0 bridgehead atoms. The number of hydrogen-bond donors (Lipinski definition) is 1. The molecule has 0 amide bonds. The van der Waals surface area contributed by atoms with Gasteiger partial charge in [-0.2, -0.15) is 0 Å². The van der Waals surface area contributed by atoms with E-state index in [1.807, 2.05) is 13.8 Å². The van der Waals surface area contributed by atoms with Crippen molar-refractivity contribution < 1.29 is 14.6 Å². The Morgan fingerprint density at radius 3 is 2.28 bits per heavy atom. The van der Waals surface area contributed by atoms with Gasteiger partial charge in [0.05, 0.1) is 18.3 Å². The van der Waals surface area contributed by atoms with Crippen LogP contribution >= 0.6 is 0 Å². The summed E-state index contributed by atoms with van der Waals surface area (Å²) in [5.41, 5.74) is 2.33. The Morgan fingerprint density at radius 2 is 1.59 bits per heavy atom. The van der Waals surface area contributed by atoms with Crippen molar-refractivity contribution in [2.24, 2.45) is 34.5 Å². The topological polar surface area (TPSA) is 38.7 Å². The van der Waals surface area contributed by atoms with Crippen molar-refractivity contribution in [1.29, 1.82) is 0 Å². The van der Waals surface area contributed by atoms with Crippen LogP contribution in [0, 0.1) is 34.5 Å². The average molecular weight is 405 g/mol. The van der Waals surface area contributed by atoms with E-state index in [0.29, 0.717) is 23.2 Å². The number of hydrogen-bond acceptors (Lipinski definition) is 3. The highest BCUT2D eigenvalue weighted by molar-refractivity contribution is 5.25. The van der Waals surface area contributed by atoms with E-state index in [9.17, 15) is 5.11 Å². The van der Waals surface area contributed by atoms with Gasteiger partial charge in [-0.3, -0.25) is 0 Å². The molecule has 5 aliphatic rings. The molecule has 4 aliphatic carbocycles. The Kier molecular flexibility index (Phi) is 5.53. The monoisotopic (exact) mass is 404 g/mol. The lowest BCUT2D eigenvalue weighted by Crippen LogP contribution is -2.63. The Hall–Kier alpha value is -0.380. The molecule has 4 unspecified atom stereocenters. The van der Waals surface area contributed by atoms with Crippen LogP contribution in [0.25, 0.3) is 0 Å². The molecular weight excluding hydrogens is 360 g/mol. The highest BCUT2D eigenvalue weighted by Crippen LogP contribution is 2.69. The van der Waals surface area contributed by atoms with E-state index in [1.165, 1.54) is 25.7 Å². The van der Waals surface area contributed by atoms with Crippen molar-refractivity contribution in [3.8, 4) is 0 Å².